The lowest BCUT2D eigenvalue weighted by molar-refractivity contribution is 1.32. The van der Waals surface area contributed by atoms with Crippen molar-refractivity contribution < 1.29 is 0 Å². The van der Waals surface area contributed by atoms with Gasteiger partial charge in [0.25, 0.3) is 0 Å². The topological polar surface area (TPSA) is 38.9 Å². The molecule has 72 valence electrons. The summed E-state index contributed by atoms with van der Waals surface area (Å²) in [5.74, 6) is 0.601. The molecule has 2 N–H and O–H groups in total. The van der Waals surface area contributed by atoms with E-state index in [1.165, 1.54) is 22.1 Å². The molecule has 0 atom stereocenters. The molecule has 0 bridgehead atoms. The Morgan fingerprint density at radius 3 is 2.36 bits per heavy atom. The summed E-state index contributed by atoms with van der Waals surface area (Å²) in [5.41, 5.74) is 10.4. The molecule has 0 aliphatic carbocycles. The fourth-order valence-electron chi connectivity index (χ4n) is 1.89. The molecule has 2 rings (SSSR count). The number of nitrogens with two attached hydrogens (primary N) is 1. The van der Waals surface area contributed by atoms with Gasteiger partial charge in [-0.25, -0.2) is 4.98 Å². The quantitative estimate of drug-likeness (QED) is 0.687. The van der Waals surface area contributed by atoms with Gasteiger partial charge < -0.3 is 5.73 Å². The number of nitrogen functional groups attached to an aromatic ring is 1. The Bertz CT molecular complexity index is 501. The van der Waals surface area contributed by atoms with Crippen LogP contribution in [0.5, 0.6) is 0 Å². The molecule has 2 heteroatoms. The molecule has 0 unspecified atom stereocenters. The average Bonchev–Trinajstić information content (AvgIpc) is 2.10. The molecule has 14 heavy (non-hydrogen) atoms. The third-order valence-electron chi connectivity index (χ3n) is 2.59. The van der Waals surface area contributed by atoms with Crippen LogP contribution in [0.1, 0.15) is 16.7 Å². The molecule has 0 fully saturated rings. The van der Waals surface area contributed by atoms with Crippen molar-refractivity contribution in [2.45, 2.75) is 20.8 Å². The van der Waals surface area contributed by atoms with Gasteiger partial charge in [-0.15, -0.1) is 0 Å². The van der Waals surface area contributed by atoms with Crippen molar-refractivity contribution in [1.29, 1.82) is 0 Å². The van der Waals surface area contributed by atoms with E-state index in [0.29, 0.717) is 5.82 Å². The van der Waals surface area contributed by atoms with Crippen LogP contribution in [-0.4, -0.2) is 4.98 Å². The van der Waals surface area contributed by atoms with Crippen LogP contribution in [0, 0.1) is 20.8 Å². The Morgan fingerprint density at radius 1 is 1.00 bits per heavy atom. The lowest BCUT2D eigenvalue weighted by Crippen LogP contribution is -1.95. The highest BCUT2D eigenvalue weighted by Crippen LogP contribution is 2.24. The van der Waals surface area contributed by atoms with Gasteiger partial charge in [0.2, 0.25) is 0 Å². The number of aryl methyl sites for hydroxylation is 3. The summed E-state index contributed by atoms with van der Waals surface area (Å²) in [5, 5.41) is 1.24. The highest BCUT2D eigenvalue weighted by molar-refractivity contribution is 5.89. The summed E-state index contributed by atoms with van der Waals surface area (Å²) in [6, 6.07) is 6.14. The van der Waals surface area contributed by atoms with Gasteiger partial charge in [-0.3, -0.25) is 0 Å². The fraction of sp³-hybridized carbons (Fsp3) is 0.250. The molecule has 1 aromatic heterocycles. The fourth-order valence-corrected chi connectivity index (χ4v) is 1.89. The van der Waals surface area contributed by atoms with Crippen LogP contribution in [0.3, 0.4) is 0 Å². The van der Waals surface area contributed by atoms with E-state index in [9.17, 15) is 0 Å². The van der Waals surface area contributed by atoms with Gasteiger partial charge in [0.05, 0.1) is 5.52 Å². The lowest BCUT2D eigenvalue weighted by Gasteiger charge is -2.08. The molecule has 2 aromatic rings. The summed E-state index contributed by atoms with van der Waals surface area (Å²) in [6.45, 7) is 6.24. The second-order valence-corrected chi connectivity index (χ2v) is 3.79. The average molecular weight is 186 g/mol. The zero-order chi connectivity index (χ0) is 10.3. The van der Waals surface area contributed by atoms with Crippen molar-refractivity contribution >= 4 is 16.7 Å². The number of rotatable bonds is 0. The van der Waals surface area contributed by atoms with Crippen LogP contribution in [-0.2, 0) is 0 Å². The smallest absolute Gasteiger partial charge is 0.124 e. The minimum atomic E-state index is 0.601. The number of hydrogen-bond donors (Lipinski definition) is 1. The van der Waals surface area contributed by atoms with Crippen molar-refractivity contribution in [3.8, 4) is 0 Å². The molecule has 0 amide bonds. The van der Waals surface area contributed by atoms with Crippen LogP contribution in [0.4, 0.5) is 5.82 Å². The molecule has 0 spiro atoms. The molecule has 2 nitrogen and oxygen atoms in total. The Kier molecular flexibility index (Phi) is 1.92. The van der Waals surface area contributed by atoms with E-state index in [4.69, 9.17) is 5.73 Å². The first-order valence-corrected chi connectivity index (χ1v) is 4.72. The maximum Gasteiger partial charge on any atom is 0.124 e. The minimum Gasteiger partial charge on any atom is -0.384 e. The molecule has 1 aromatic carbocycles. The van der Waals surface area contributed by atoms with Crippen molar-refractivity contribution in [3.63, 3.8) is 0 Å². The number of pyridine rings is 1. The van der Waals surface area contributed by atoms with Crippen molar-refractivity contribution in [3.05, 3.63) is 34.9 Å². The second kappa shape index (κ2) is 2.98. The standard InChI is InChI=1S/C12H14N2/c1-7-4-5-8(2)12-11(7)9(3)6-10(13)14-12/h4-6H,1-3H3,(H2,13,14). The van der Waals surface area contributed by atoms with E-state index in [0.717, 1.165) is 5.52 Å². The predicted molar refractivity (Wildman–Crippen MR) is 60.4 cm³/mol. The van der Waals surface area contributed by atoms with Gasteiger partial charge >= 0.3 is 0 Å². The Labute approximate surface area is 83.8 Å². The van der Waals surface area contributed by atoms with E-state index in [-0.39, 0.29) is 0 Å². The first-order valence-electron chi connectivity index (χ1n) is 4.72. The summed E-state index contributed by atoms with van der Waals surface area (Å²) in [6.07, 6.45) is 0. The first kappa shape index (κ1) is 9.00. The molecule has 0 aliphatic heterocycles. The molecule has 1 heterocycles. The Morgan fingerprint density at radius 2 is 1.64 bits per heavy atom. The number of aromatic nitrogens is 1. The maximum atomic E-state index is 5.73. The maximum absolute atomic E-state index is 5.73. The molecular weight excluding hydrogens is 172 g/mol. The molecule has 0 radical (unpaired) electrons. The van der Waals surface area contributed by atoms with Gasteiger partial charge in [-0.1, -0.05) is 12.1 Å². The molecule has 0 aliphatic rings. The van der Waals surface area contributed by atoms with Crippen LogP contribution in [0.25, 0.3) is 10.9 Å². The minimum absolute atomic E-state index is 0.601. The third kappa shape index (κ3) is 1.23. The summed E-state index contributed by atoms with van der Waals surface area (Å²) < 4.78 is 0. The van der Waals surface area contributed by atoms with Crippen LogP contribution in [0.15, 0.2) is 18.2 Å². The van der Waals surface area contributed by atoms with Crippen LogP contribution >= 0.6 is 0 Å². The largest absolute Gasteiger partial charge is 0.384 e. The van der Waals surface area contributed by atoms with Crippen molar-refractivity contribution in [2.75, 3.05) is 5.73 Å². The Hall–Kier alpha value is -1.57. The highest BCUT2D eigenvalue weighted by atomic mass is 14.8. The number of benzene rings is 1. The van der Waals surface area contributed by atoms with E-state index >= 15 is 0 Å². The van der Waals surface area contributed by atoms with Gasteiger partial charge in [0.1, 0.15) is 5.82 Å². The summed E-state index contributed by atoms with van der Waals surface area (Å²) in [4.78, 5) is 4.37. The van der Waals surface area contributed by atoms with E-state index < -0.39 is 0 Å². The number of fused-ring (bicyclic) bond motifs is 1. The molecular formula is C12H14N2. The van der Waals surface area contributed by atoms with E-state index in [1.54, 1.807) is 0 Å². The summed E-state index contributed by atoms with van der Waals surface area (Å²) in [7, 11) is 0. The van der Waals surface area contributed by atoms with Crippen molar-refractivity contribution in [1.82, 2.24) is 4.98 Å². The van der Waals surface area contributed by atoms with Crippen LogP contribution in [0.2, 0.25) is 0 Å². The predicted octanol–water partition coefficient (Wildman–Crippen LogP) is 2.74. The first-order chi connectivity index (χ1) is 6.59. The summed E-state index contributed by atoms with van der Waals surface area (Å²) >= 11 is 0. The normalized spacial score (nSPS) is 10.8. The highest BCUT2D eigenvalue weighted by Gasteiger charge is 2.05. The Balaban J connectivity index is 3.00. The molecule has 0 saturated carbocycles. The monoisotopic (exact) mass is 186 g/mol. The van der Waals surface area contributed by atoms with E-state index in [1.807, 2.05) is 6.07 Å². The third-order valence-corrected chi connectivity index (χ3v) is 2.59. The van der Waals surface area contributed by atoms with Gasteiger partial charge in [0, 0.05) is 5.39 Å². The zero-order valence-corrected chi connectivity index (χ0v) is 8.76. The zero-order valence-electron chi connectivity index (χ0n) is 8.76. The van der Waals surface area contributed by atoms with Gasteiger partial charge in [-0.05, 0) is 43.5 Å². The van der Waals surface area contributed by atoms with Crippen molar-refractivity contribution in [2.24, 2.45) is 0 Å². The SMILES string of the molecule is Cc1ccc(C)c2c(C)cc(N)nc12. The van der Waals surface area contributed by atoms with E-state index in [2.05, 4.69) is 37.9 Å². The molecule has 0 saturated heterocycles. The second-order valence-electron chi connectivity index (χ2n) is 3.79. The van der Waals surface area contributed by atoms with Gasteiger partial charge in [0.15, 0.2) is 0 Å². The number of anilines is 1. The number of nitrogens with zero attached hydrogens (tertiary/aromatic N) is 1. The number of hydrogen-bond acceptors (Lipinski definition) is 2. The van der Waals surface area contributed by atoms with Gasteiger partial charge in [-0.2, -0.15) is 0 Å². The van der Waals surface area contributed by atoms with Crippen LogP contribution < -0.4 is 5.73 Å². The lowest BCUT2D eigenvalue weighted by atomic mass is 10.0.